The zero-order chi connectivity index (χ0) is 16.0. The van der Waals surface area contributed by atoms with Crippen LogP contribution in [-0.4, -0.2) is 40.9 Å². The summed E-state index contributed by atoms with van der Waals surface area (Å²) in [6.07, 6.45) is -0.997. The molecule has 0 bridgehead atoms. The van der Waals surface area contributed by atoms with Crippen LogP contribution in [0.2, 0.25) is 0 Å². The van der Waals surface area contributed by atoms with Crippen molar-refractivity contribution in [2.45, 2.75) is 13.0 Å². The standard InChI is InChI=1S/C13H15NO7/c1-3-21-13(17)12(16)9(14(18)19)6-8-4-5-10(15)11(7-8)20-2/h4-7,12,15-16H,3H2,1-2H3/b9-6+. The first kappa shape index (κ1) is 16.4. The number of hydrogen-bond donors (Lipinski definition) is 2. The van der Waals surface area contributed by atoms with E-state index in [-0.39, 0.29) is 23.7 Å². The highest BCUT2D eigenvalue weighted by atomic mass is 16.6. The second kappa shape index (κ2) is 7.25. The molecule has 2 N–H and O–H groups in total. The molecular formula is C13H15NO7. The lowest BCUT2D eigenvalue weighted by molar-refractivity contribution is -0.432. The summed E-state index contributed by atoms with van der Waals surface area (Å²) in [5.74, 6) is -1.13. The van der Waals surface area contributed by atoms with Gasteiger partial charge in [-0.3, -0.25) is 10.1 Å². The molecule has 0 saturated carbocycles. The molecule has 8 nitrogen and oxygen atoms in total. The zero-order valence-electron chi connectivity index (χ0n) is 11.5. The number of rotatable bonds is 6. The molecule has 1 unspecified atom stereocenters. The van der Waals surface area contributed by atoms with Gasteiger partial charge in [-0.1, -0.05) is 6.07 Å². The van der Waals surface area contributed by atoms with Gasteiger partial charge in [-0.25, -0.2) is 4.79 Å². The molecule has 0 aliphatic carbocycles. The fraction of sp³-hybridized carbons (Fsp3) is 0.308. The normalized spacial score (nSPS) is 12.6. The van der Waals surface area contributed by atoms with Crippen molar-refractivity contribution < 1.29 is 29.4 Å². The fourth-order valence-corrected chi connectivity index (χ4v) is 1.53. The molecule has 1 atom stereocenters. The minimum atomic E-state index is -2.00. The molecule has 0 aliphatic heterocycles. The van der Waals surface area contributed by atoms with Crippen LogP contribution in [0, 0.1) is 10.1 Å². The Labute approximate surface area is 120 Å². The molecule has 0 spiro atoms. The Balaban J connectivity index is 3.16. The number of phenols is 1. The van der Waals surface area contributed by atoms with Crippen LogP contribution in [0.15, 0.2) is 23.9 Å². The molecule has 0 aliphatic rings. The molecule has 1 aromatic carbocycles. The molecule has 0 radical (unpaired) electrons. The number of carbonyl (C=O) groups excluding carboxylic acids is 1. The minimum Gasteiger partial charge on any atom is -0.504 e. The fourth-order valence-electron chi connectivity index (χ4n) is 1.53. The highest BCUT2D eigenvalue weighted by Crippen LogP contribution is 2.27. The van der Waals surface area contributed by atoms with Gasteiger partial charge in [0.1, 0.15) is 0 Å². The summed E-state index contributed by atoms with van der Waals surface area (Å²) in [7, 11) is 1.32. The van der Waals surface area contributed by atoms with Crippen LogP contribution in [0.1, 0.15) is 12.5 Å². The highest BCUT2D eigenvalue weighted by molar-refractivity contribution is 5.79. The van der Waals surface area contributed by atoms with Gasteiger partial charge in [0, 0.05) is 6.08 Å². The first-order valence-electron chi connectivity index (χ1n) is 5.98. The Morgan fingerprint density at radius 2 is 2.19 bits per heavy atom. The first-order valence-corrected chi connectivity index (χ1v) is 5.98. The lowest BCUT2D eigenvalue weighted by atomic mass is 10.1. The maximum atomic E-state index is 11.4. The number of benzene rings is 1. The van der Waals surface area contributed by atoms with Gasteiger partial charge < -0.3 is 19.7 Å². The maximum absolute atomic E-state index is 11.4. The molecule has 0 aromatic heterocycles. The molecule has 0 heterocycles. The van der Waals surface area contributed by atoms with Crippen molar-refractivity contribution in [2.75, 3.05) is 13.7 Å². The second-order valence-electron chi connectivity index (χ2n) is 3.91. The number of carbonyl (C=O) groups is 1. The van der Waals surface area contributed by atoms with E-state index in [4.69, 9.17) is 4.74 Å². The number of aromatic hydroxyl groups is 1. The van der Waals surface area contributed by atoms with E-state index in [0.29, 0.717) is 0 Å². The Bertz CT molecular complexity index is 568. The average Bonchev–Trinajstić information content (AvgIpc) is 2.45. The molecule has 114 valence electrons. The van der Waals surface area contributed by atoms with E-state index in [9.17, 15) is 25.1 Å². The Morgan fingerprint density at radius 3 is 2.71 bits per heavy atom. The zero-order valence-corrected chi connectivity index (χ0v) is 11.5. The van der Waals surface area contributed by atoms with Crippen molar-refractivity contribution in [1.82, 2.24) is 0 Å². The molecule has 1 rings (SSSR count). The van der Waals surface area contributed by atoms with Gasteiger partial charge in [0.25, 0.3) is 5.70 Å². The number of esters is 1. The van der Waals surface area contributed by atoms with Gasteiger partial charge in [0.05, 0.1) is 18.6 Å². The number of methoxy groups -OCH3 is 1. The number of phenolic OH excluding ortho intramolecular Hbond substituents is 1. The molecule has 0 fully saturated rings. The summed E-state index contributed by atoms with van der Waals surface area (Å²) in [5.41, 5.74) is -0.458. The van der Waals surface area contributed by atoms with Crippen LogP contribution < -0.4 is 4.74 Å². The summed E-state index contributed by atoms with van der Waals surface area (Å²) in [6.45, 7) is 1.51. The summed E-state index contributed by atoms with van der Waals surface area (Å²) < 4.78 is 9.41. The maximum Gasteiger partial charge on any atom is 0.346 e. The number of aliphatic hydroxyl groups is 1. The van der Waals surface area contributed by atoms with Gasteiger partial charge in [-0.15, -0.1) is 0 Å². The molecule has 8 heteroatoms. The van der Waals surface area contributed by atoms with Crippen molar-refractivity contribution in [3.8, 4) is 11.5 Å². The monoisotopic (exact) mass is 297 g/mol. The van der Waals surface area contributed by atoms with E-state index in [1.165, 1.54) is 32.2 Å². The second-order valence-corrected chi connectivity index (χ2v) is 3.91. The number of nitrogens with zero attached hydrogens (tertiary/aromatic N) is 1. The van der Waals surface area contributed by atoms with Crippen molar-refractivity contribution >= 4 is 12.0 Å². The van der Waals surface area contributed by atoms with Crippen molar-refractivity contribution in [3.05, 3.63) is 39.6 Å². The van der Waals surface area contributed by atoms with Gasteiger partial charge in [-0.2, -0.15) is 0 Å². The van der Waals surface area contributed by atoms with E-state index in [1.807, 2.05) is 0 Å². The number of aliphatic hydroxyl groups excluding tert-OH is 1. The van der Waals surface area contributed by atoms with Crippen LogP contribution >= 0.6 is 0 Å². The van der Waals surface area contributed by atoms with E-state index in [1.54, 1.807) is 0 Å². The largest absolute Gasteiger partial charge is 0.504 e. The Kier molecular flexibility index (Phi) is 5.67. The highest BCUT2D eigenvalue weighted by Gasteiger charge is 2.30. The van der Waals surface area contributed by atoms with Crippen LogP contribution in [0.25, 0.3) is 6.08 Å². The van der Waals surface area contributed by atoms with Gasteiger partial charge in [0.2, 0.25) is 6.10 Å². The van der Waals surface area contributed by atoms with Crippen LogP contribution in [0.3, 0.4) is 0 Å². The quantitative estimate of drug-likeness (QED) is 0.455. The van der Waals surface area contributed by atoms with E-state index in [0.717, 1.165) is 6.08 Å². The Morgan fingerprint density at radius 1 is 1.52 bits per heavy atom. The predicted molar refractivity (Wildman–Crippen MR) is 72.3 cm³/mol. The van der Waals surface area contributed by atoms with E-state index < -0.39 is 22.7 Å². The number of nitro groups is 1. The molecule has 1 aromatic rings. The summed E-state index contributed by atoms with van der Waals surface area (Å²) >= 11 is 0. The van der Waals surface area contributed by atoms with Crippen LogP contribution in [0.4, 0.5) is 0 Å². The summed E-state index contributed by atoms with van der Waals surface area (Å²) in [6, 6.07) is 3.98. The third kappa shape index (κ3) is 4.18. The molecule has 0 saturated heterocycles. The third-order valence-electron chi connectivity index (χ3n) is 2.52. The van der Waals surface area contributed by atoms with Crippen molar-refractivity contribution in [3.63, 3.8) is 0 Å². The van der Waals surface area contributed by atoms with E-state index in [2.05, 4.69) is 4.74 Å². The Hall–Kier alpha value is -2.61. The van der Waals surface area contributed by atoms with Gasteiger partial charge >= 0.3 is 5.97 Å². The first-order chi connectivity index (χ1) is 9.90. The van der Waals surface area contributed by atoms with Crippen molar-refractivity contribution in [1.29, 1.82) is 0 Å². The predicted octanol–water partition coefficient (Wildman–Crippen LogP) is 0.942. The number of hydrogen-bond acceptors (Lipinski definition) is 7. The molecule has 21 heavy (non-hydrogen) atoms. The minimum absolute atomic E-state index is 0.00603. The van der Waals surface area contributed by atoms with E-state index >= 15 is 0 Å². The summed E-state index contributed by atoms with van der Waals surface area (Å²) in [4.78, 5) is 21.5. The topological polar surface area (TPSA) is 119 Å². The van der Waals surface area contributed by atoms with Crippen molar-refractivity contribution in [2.24, 2.45) is 0 Å². The van der Waals surface area contributed by atoms with Gasteiger partial charge in [-0.05, 0) is 24.6 Å². The summed E-state index contributed by atoms with van der Waals surface area (Å²) in [5, 5.41) is 30.1. The third-order valence-corrected chi connectivity index (χ3v) is 2.52. The molecular weight excluding hydrogens is 282 g/mol. The number of ether oxygens (including phenoxy) is 2. The average molecular weight is 297 g/mol. The SMILES string of the molecule is CCOC(=O)C(O)/C(=C\c1ccc(O)c(OC)c1)[N+](=O)[O-]. The lowest BCUT2D eigenvalue weighted by Gasteiger charge is -2.08. The van der Waals surface area contributed by atoms with Gasteiger partial charge in [0.15, 0.2) is 11.5 Å². The smallest absolute Gasteiger partial charge is 0.346 e. The molecule has 0 amide bonds. The van der Waals surface area contributed by atoms with Crippen LogP contribution in [0.5, 0.6) is 11.5 Å². The lowest BCUT2D eigenvalue weighted by Crippen LogP contribution is -2.28. The van der Waals surface area contributed by atoms with Crippen LogP contribution in [-0.2, 0) is 9.53 Å².